The Kier molecular flexibility index (Phi) is 4.11. The van der Waals surface area contributed by atoms with Crippen molar-refractivity contribution < 1.29 is 5.11 Å². The van der Waals surface area contributed by atoms with Crippen LogP contribution in [-0.4, -0.2) is 5.11 Å². The van der Waals surface area contributed by atoms with Gasteiger partial charge in [0.05, 0.1) is 5.02 Å². The average Bonchev–Trinajstić information content (AvgIpc) is 2.41. The van der Waals surface area contributed by atoms with E-state index in [1.807, 2.05) is 24.3 Å². The van der Waals surface area contributed by atoms with Gasteiger partial charge in [-0.2, -0.15) is 0 Å². The lowest BCUT2D eigenvalue weighted by Gasteiger charge is -2.10. The highest BCUT2D eigenvalue weighted by molar-refractivity contribution is 6.32. The summed E-state index contributed by atoms with van der Waals surface area (Å²) in [5, 5.41) is 13.5. The summed E-state index contributed by atoms with van der Waals surface area (Å²) in [5.41, 5.74) is 3.13. The zero-order chi connectivity index (χ0) is 13.0. The molecule has 0 radical (unpaired) electrons. The number of anilines is 1. The van der Waals surface area contributed by atoms with Gasteiger partial charge in [0.1, 0.15) is 5.75 Å². The van der Waals surface area contributed by atoms with Gasteiger partial charge >= 0.3 is 0 Å². The number of hydrogen-bond donors (Lipinski definition) is 2. The van der Waals surface area contributed by atoms with E-state index in [1.54, 1.807) is 6.07 Å². The van der Waals surface area contributed by atoms with Crippen molar-refractivity contribution in [3.05, 3.63) is 58.6 Å². The molecule has 0 fully saturated rings. The van der Waals surface area contributed by atoms with Crippen LogP contribution in [0.5, 0.6) is 5.75 Å². The first-order valence-electron chi connectivity index (χ1n) is 6.00. The van der Waals surface area contributed by atoms with Crippen molar-refractivity contribution in [1.29, 1.82) is 0 Å². The Hall–Kier alpha value is -1.67. The van der Waals surface area contributed by atoms with Crippen LogP contribution < -0.4 is 5.32 Å². The van der Waals surface area contributed by atoms with Crippen molar-refractivity contribution in [2.45, 2.75) is 19.9 Å². The molecule has 3 heteroatoms. The molecule has 2 aromatic carbocycles. The van der Waals surface area contributed by atoms with E-state index in [1.165, 1.54) is 5.56 Å². The minimum absolute atomic E-state index is 0.151. The van der Waals surface area contributed by atoms with Gasteiger partial charge in [-0.15, -0.1) is 0 Å². The molecule has 0 unspecified atom stereocenters. The number of aromatic hydroxyl groups is 1. The van der Waals surface area contributed by atoms with Crippen LogP contribution in [-0.2, 0) is 13.0 Å². The summed E-state index contributed by atoms with van der Waals surface area (Å²) < 4.78 is 0. The second-order valence-corrected chi connectivity index (χ2v) is 4.56. The molecule has 2 N–H and O–H groups in total. The maximum absolute atomic E-state index is 9.80. The van der Waals surface area contributed by atoms with E-state index in [4.69, 9.17) is 11.6 Å². The molecule has 0 bridgehead atoms. The highest BCUT2D eigenvalue weighted by Crippen LogP contribution is 2.27. The third kappa shape index (κ3) is 2.96. The number of halogens is 1. The van der Waals surface area contributed by atoms with Crippen LogP contribution in [0.1, 0.15) is 18.1 Å². The van der Waals surface area contributed by atoms with E-state index >= 15 is 0 Å². The average molecular weight is 262 g/mol. The highest BCUT2D eigenvalue weighted by atomic mass is 35.5. The van der Waals surface area contributed by atoms with E-state index in [0.29, 0.717) is 11.6 Å². The quantitative estimate of drug-likeness (QED) is 0.864. The molecule has 0 heterocycles. The van der Waals surface area contributed by atoms with Crippen LogP contribution in [0.4, 0.5) is 5.69 Å². The summed E-state index contributed by atoms with van der Waals surface area (Å²) >= 11 is 5.87. The molecule has 0 aliphatic carbocycles. The Morgan fingerprint density at radius 1 is 1.17 bits per heavy atom. The van der Waals surface area contributed by atoms with Gasteiger partial charge in [-0.25, -0.2) is 0 Å². The fourth-order valence-electron chi connectivity index (χ4n) is 1.80. The first-order valence-corrected chi connectivity index (χ1v) is 6.37. The summed E-state index contributed by atoms with van der Waals surface area (Å²) in [6.45, 7) is 2.68. The predicted molar refractivity (Wildman–Crippen MR) is 76.3 cm³/mol. The van der Waals surface area contributed by atoms with Gasteiger partial charge < -0.3 is 10.4 Å². The second-order valence-electron chi connectivity index (χ2n) is 4.16. The maximum Gasteiger partial charge on any atom is 0.139 e. The molecule has 0 aliphatic heterocycles. The van der Waals surface area contributed by atoms with Crippen molar-refractivity contribution in [3.8, 4) is 5.75 Å². The molecule has 0 aliphatic rings. The SMILES string of the molecule is CCc1cccc(NCc2cccc(Cl)c2O)c1. The lowest BCUT2D eigenvalue weighted by Crippen LogP contribution is -2.00. The van der Waals surface area contributed by atoms with Crippen LogP contribution in [0.25, 0.3) is 0 Å². The molecular formula is C15H16ClNO. The maximum atomic E-state index is 9.80. The zero-order valence-corrected chi connectivity index (χ0v) is 11.0. The van der Waals surface area contributed by atoms with E-state index in [9.17, 15) is 5.11 Å². The summed E-state index contributed by atoms with van der Waals surface area (Å²) in [6.07, 6.45) is 1.01. The van der Waals surface area contributed by atoms with Gasteiger partial charge in [0.25, 0.3) is 0 Å². The Balaban J connectivity index is 2.09. The minimum Gasteiger partial charge on any atom is -0.506 e. The van der Waals surface area contributed by atoms with Crippen LogP contribution in [0.15, 0.2) is 42.5 Å². The molecule has 0 spiro atoms. The molecule has 0 saturated carbocycles. The molecule has 94 valence electrons. The lowest BCUT2D eigenvalue weighted by atomic mass is 10.1. The van der Waals surface area contributed by atoms with E-state index in [-0.39, 0.29) is 5.75 Å². The van der Waals surface area contributed by atoms with Gasteiger partial charge in [0, 0.05) is 17.8 Å². The Labute approximate surface area is 112 Å². The number of phenols is 1. The Bertz CT molecular complexity index is 540. The van der Waals surface area contributed by atoms with E-state index in [0.717, 1.165) is 17.7 Å². The third-order valence-corrected chi connectivity index (χ3v) is 3.19. The lowest BCUT2D eigenvalue weighted by molar-refractivity contribution is 0.469. The molecular weight excluding hydrogens is 246 g/mol. The Morgan fingerprint density at radius 2 is 1.94 bits per heavy atom. The number of benzene rings is 2. The normalized spacial score (nSPS) is 10.3. The van der Waals surface area contributed by atoms with Gasteiger partial charge in [0.15, 0.2) is 0 Å². The number of phenolic OH excluding ortho intramolecular Hbond substituents is 1. The van der Waals surface area contributed by atoms with Crippen molar-refractivity contribution in [2.75, 3.05) is 5.32 Å². The molecule has 0 aromatic heterocycles. The van der Waals surface area contributed by atoms with Crippen LogP contribution in [0.3, 0.4) is 0 Å². The van der Waals surface area contributed by atoms with Gasteiger partial charge in [-0.05, 0) is 30.2 Å². The number of aryl methyl sites for hydroxylation is 1. The monoisotopic (exact) mass is 261 g/mol. The summed E-state index contributed by atoms with van der Waals surface area (Å²) in [6, 6.07) is 13.6. The van der Waals surface area contributed by atoms with E-state index in [2.05, 4.69) is 24.4 Å². The summed E-state index contributed by atoms with van der Waals surface area (Å²) in [4.78, 5) is 0. The summed E-state index contributed by atoms with van der Waals surface area (Å²) in [5.74, 6) is 0.151. The molecule has 0 saturated heterocycles. The van der Waals surface area contributed by atoms with Crippen molar-refractivity contribution in [3.63, 3.8) is 0 Å². The molecule has 0 atom stereocenters. The molecule has 2 nitrogen and oxygen atoms in total. The van der Waals surface area contributed by atoms with Gasteiger partial charge in [0.2, 0.25) is 0 Å². The van der Waals surface area contributed by atoms with Crippen molar-refractivity contribution >= 4 is 17.3 Å². The summed E-state index contributed by atoms with van der Waals surface area (Å²) in [7, 11) is 0. The van der Waals surface area contributed by atoms with Crippen molar-refractivity contribution in [1.82, 2.24) is 0 Å². The van der Waals surface area contributed by atoms with Gasteiger partial charge in [-0.1, -0.05) is 42.8 Å². The smallest absolute Gasteiger partial charge is 0.139 e. The topological polar surface area (TPSA) is 32.3 Å². The van der Waals surface area contributed by atoms with Crippen molar-refractivity contribution in [2.24, 2.45) is 0 Å². The molecule has 18 heavy (non-hydrogen) atoms. The highest BCUT2D eigenvalue weighted by Gasteiger charge is 2.04. The third-order valence-electron chi connectivity index (χ3n) is 2.89. The van der Waals surface area contributed by atoms with Gasteiger partial charge in [-0.3, -0.25) is 0 Å². The fourth-order valence-corrected chi connectivity index (χ4v) is 2.00. The molecule has 2 rings (SSSR count). The molecule has 2 aromatic rings. The minimum atomic E-state index is 0.151. The predicted octanol–water partition coefficient (Wildman–Crippen LogP) is 4.22. The van der Waals surface area contributed by atoms with Crippen LogP contribution in [0.2, 0.25) is 5.02 Å². The molecule has 0 amide bonds. The zero-order valence-electron chi connectivity index (χ0n) is 10.3. The number of rotatable bonds is 4. The van der Waals surface area contributed by atoms with Crippen LogP contribution >= 0.6 is 11.6 Å². The standard InChI is InChI=1S/C15H16ClNO/c1-2-11-5-3-7-13(9-11)17-10-12-6-4-8-14(16)15(12)18/h3-9,17-18H,2,10H2,1H3. The Morgan fingerprint density at radius 3 is 2.72 bits per heavy atom. The number of para-hydroxylation sites is 1. The first kappa shape index (κ1) is 12.8. The second kappa shape index (κ2) is 5.78. The van der Waals surface area contributed by atoms with Crippen LogP contribution in [0, 0.1) is 0 Å². The number of hydrogen-bond acceptors (Lipinski definition) is 2. The largest absolute Gasteiger partial charge is 0.506 e. The van der Waals surface area contributed by atoms with E-state index < -0.39 is 0 Å². The number of nitrogens with one attached hydrogen (secondary N) is 1. The fraction of sp³-hybridized carbons (Fsp3) is 0.200. The first-order chi connectivity index (χ1) is 8.70.